The minimum absolute atomic E-state index is 0.00392. The molecule has 1 amide bonds. The second-order valence-corrected chi connectivity index (χ2v) is 6.37. The maximum atomic E-state index is 11.9. The van der Waals surface area contributed by atoms with Gasteiger partial charge in [-0.3, -0.25) is 4.79 Å². The number of hydrogen-bond donors (Lipinski definition) is 1. The van der Waals surface area contributed by atoms with Crippen LogP contribution >= 0.6 is 38.9 Å². The molecule has 0 saturated heterocycles. The molecule has 0 bridgehead atoms. The fourth-order valence-electron chi connectivity index (χ4n) is 1.34. The Hall–Kier alpha value is -0.0600. The summed E-state index contributed by atoms with van der Waals surface area (Å²) in [6.07, 6.45) is 1.72. The van der Waals surface area contributed by atoms with Gasteiger partial charge in [-0.25, -0.2) is 0 Å². The summed E-state index contributed by atoms with van der Waals surface area (Å²) in [5, 5.41) is 2.99. The Morgan fingerprint density at radius 1 is 1.69 bits per heavy atom. The van der Waals surface area contributed by atoms with Crippen LogP contribution in [0.3, 0.4) is 0 Å². The maximum Gasteiger partial charge on any atom is 0.261 e. The van der Waals surface area contributed by atoms with Crippen LogP contribution in [0.15, 0.2) is 9.85 Å². The van der Waals surface area contributed by atoms with E-state index in [1.165, 1.54) is 11.3 Å². The van der Waals surface area contributed by atoms with Gasteiger partial charge in [0.05, 0.1) is 8.66 Å². The maximum absolute atomic E-state index is 11.9. The number of nitrogens with one attached hydrogen (secondary N) is 1. The van der Waals surface area contributed by atoms with Crippen molar-refractivity contribution in [2.24, 2.45) is 0 Å². The Kier molecular flexibility index (Phi) is 5.79. The topological polar surface area (TPSA) is 29.1 Å². The first-order valence-corrected chi connectivity index (χ1v) is 7.35. The predicted octanol–water partition coefficient (Wildman–Crippen LogP) is 3.96. The Bertz CT molecular complexity index is 347. The number of rotatable bonds is 5. The van der Waals surface area contributed by atoms with Crippen molar-refractivity contribution in [2.75, 3.05) is 5.88 Å². The molecule has 1 unspecified atom stereocenters. The second kappa shape index (κ2) is 6.62. The van der Waals surface area contributed by atoms with Crippen molar-refractivity contribution >= 4 is 44.8 Å². The highest BCUT2D eigenvalue weighted by Gasteiger charge is 2.14. The molecule has 0 aliphatic carbocycles. The SMILES string of the molecule is CCC(CCCl)NC(=O)c1cc(C)c(Br)s1. The molecular weight excluding hydrogens is 310 g/mol. The summed E-state index contributed by atoms with van der Waals surface area (Å²) in [6, 6.07) is 2.07. The number of carbonyl (C=O) groups is 1. The minimum atomic E-state index is -0.00392. The van der Waals surface area contributed by atoms with E-state index in [0.29, 0.717) is 5.88 Å². The molecule has 16 heavy (non-hydrogen) atoms. The number of hydrogen-bond acceptors (Lipinski definition) is 2. The van der Waals surface area contributed by atoms with Gasteiger partial charge in [0.1, 0.15) is 0 Å². The van der Waals surface area contributed by atoms with Gasteiger partial charge in [0.25, 0.3) is 5.91 Å². The van der Waals surface area contributed by atoms with Gasteiger partial charge in [-0.1, -0.05) is 6.92 Å². The van der Waals surface area contributed by atoms with Gasteiger partial charge in [-0.2, -0.15) is 0 Å². The molecule has 1 N–H and O–H groups in total. The fourth-order valence-corrected chi connectivity index (χ4v) is 3.04. The third-order valence-electron chi connectivity index (χ3n) is 2.37. The average Bonchev–Trinajstić information content (AvgIpc) is 2.58. The molecule has 90 valence electrons. The van der Waals surface area contributed by atoms with E-state index < -0.39 is 0 Å². The predicted molar refractivity (Wildman–Crippen MR) is 73.6 cm³/mol. The lowest BCUT2D eigenvalue weighted by molar-refractivity contribution is 0.0939. The lowest BCUT2D eigenvalue weighted by atomic mass is 10.1. The van der Waals surface area contributed by atoms with Crippen LogP contribution in [-0.4, -0.2) is 17.8 Å². The Balaban J connectivity index is 2.64. The van der Waals surface area contributed by atoms with Crippen LogP contribution in [0.4, 0.5) is 0 Å². The standard InChI is InChI=1S/C11H15BrClNOS/c1-3-8(4-5-13)14-11(15)9-6-7(2)10(12)16-9/h6,8H,3-5H2,1-2H3,(H,14,15). The van der Waals surface area contributed by atoms with Gasteiger partial charge < -0.3 is 5.32 Å². The summed E-state index contributed by atoms with van der Waals surface area (Å²) in [5.74, 6) is 0.571. The van der Waals surface area contributed by atoms with Crippen LogP contribution in [0.5, 0.6) is 0 Å². The zero-order chi connectivity index (χ0) is 12.1. The Labute approximate surface area is 114 Å². The highest BCUT2D eigenvalue weighted by molar-refractivity contribution is 9.11. The van der Waals surface area contributed by atoms with Gasteiger partial charge in [0.15, 0.2) is 0 Å². The number of thiophene rings is 1. The molecule has 1 atom stereocenters. The number of carbonyl (C=O) groups excluding carboxylic acids is 1. The summed E-state index contributed by atoms with van der Waals surface area (Å²) in [6.45, 7) is 4.03. The van der Waals surface area contributed by atoms with Crippen molar-refractivity contribution in [1.29, 1.82) is 0 Å². The van der Waals surface area contributed by atoms with Crippen molar-refractivity contribution in [3.8, 4) is 0 Å². The largest absolute Gasteiger partial charge is 0.349 e. The van der Waals surface area contributed by atoms with Crippen molar-refractivity contribution in [3.05, 3.63) is 20.3 Å². The lowest BCUT2D eigenvalue weighted by Crippen LogP contribution is -2.34. The molecule has 0 radical (unpaired) electrons. The van der Waals surface area contributed by atoms with Crippen molar-refractivity contribution in [3.63, 3.8) is 0 Å². The van der Waals surface area contributed by atoms with E-state index in [1.807, 2.05) is 19.9 Å². The third-order valence-corrected chi connectivity index (χ3v) is 4.72. The van der Waals surface area contributed by atoms with E-state index in [1.54, 1.807) is 0 Å². The van der Waals surface area contributed by atoms with Crippen LogP contribution in [0, 0.1) is 6.92 Å². The van der Waals surface area contributed by atoms with E-state index in [-0.39, 0.29) is 11.9 Å². The van der Waals surface area contributed by atoms with Crippen LogP contribution in [-0.2, 0) is 0 Å². The molecule has 0 aliphatic heterocycles. The molecule has 0 aromatic carbocycles. The smallest absolute Gasteiger partial charge is 0.261 e. The zero-order valence-corrected chi connectivity index (χ0v) is 12.5. The molecule has 1 aromatic heterocycles. The number of aryl methyl sites for hydroxylation is 1. The first-order valence-electron chi connectivity index (χ1n) is 5.21. The third kappa shape index (κ3) is 3.75. The average molecular weight is 325 g/mol. The molecule has 0 fully saturated rings. The summed E-state index contributed by atoms with van der Waals surface area (Å²) in [4.78, 5) is 12.6. The van der Waals surface area contributed by atoms with Crippen LogP contribution in [0.2, 0.25) is 0 Å². The number of halogens is 2. The number of amides is 1. The van der Waals surface area contributed by atoms with Gasteiger partial charge in [0, 0.05) is 11.9 Å². The van der Waals surface area contributed by atoms with Crippen molar-refractivity contribution in [2.45, 2.75) is 32.7 Å². The highest BCUT2D eigenvalue weighted by atomic mass is 79.9. The Morgan fingerprint density at radius 2 is 2.38 bits per heavy atom. The van der Waals surface area contributed by atoms with Crippen LogP contribution < -0.4 is 5.32 Å². The van der Waals surface area contributed by atoms with Crippen LogP contribution in [0.1, 0.15) is 35.0 Å². The van der Waals surface area contributed by atoms with E-state index in [9.17, 15) is 4.79 Å². The summed E-state index contributed by atoms with van der Waals surface area (Å²) < 4.78 is 1.02. The van der Waals surface area contributed by atoms with E-state index in [4.69, 9.17) is 11.6 Å². The molecule has 1 rings (SSSR count). The monoisotopic (exact) mass is 323 g/mol. The molecule has 1 heterocycles. The molecule has 2 nitrogen and oxygen atoms in total. The van der Waals surface area contributed by atoms with E-state index >= 15 is 0 Å². The van der Waals surface area contributed by atoms with Gasteiger partial charge in [-0.05, 0) is 47.3 Å². The highest BCUT2D eigenvalue weighted by Crippen LogP contribution is 2.27. The fraction of sp³-hybridized carbons (Fsp3) is 0.545. The molecule has 1 aromatic rings. The van der Waals surface area contributed by atoms with Gasteiger partial charge in [0.2, 0.25) is 0 Å². The number of alkyl halides is 1. The van der Waals surface area contributed by atoms with Crippen molar-refractivity contribution < 1.29 is 4.79 Å². The molecular formula is C11H15BrClNOS. The summed E-state index contributed by atoms with van der Waals surface area (Å²) in [5.41, 5.74) is 1.10. The molecule has 0 saturated carbocycles. The molecule has 0 spiro atoms. The first-order chi connectivity index (χ1) is 7.58. The van der Waals surface area contributed by atoms with Crippen LogP contribution in [0.25, 0.3) is 0 Å². The minimum Gasteiger partial charge on any atom is -0.349 e. The summed E-state index contributed by atoms with van der Waals surface area (Å²) in [7, 11) is 0. The summed E-state index contributed by atoms with van der Waals surface area (Å²) >= 11 is 10.6. The Morgan fingerprint density at radius 3 is 2.81 bits per heavy atom. The van der Waals surface area contributed by atoms with Gasteiger partial charge >= 0.3 is 0 Å². The molecule has 5 heteroatoms. The molecule has 0 aliphatic rings. The normalized spacial score (nSPS) is 12.5. The van der Waals surface area contributed by atoms with E-state index in [0.717, 1.165) is 27.1 Å². The second-order valence-electron chi connectivity index (χ2n) is 3.62. The van der Waals surface area contributed by atoms with Crippen molar-refractivity contribution in [1.82, 2.24) is 5.32 Å². The first kappa shape index (κ1) is 14.0. The van der Waals surface area contributed by atoms with E-state index in [2.05, 4.69) is 21.2 Å². The quantitative estimate of drug-likeness (QED) is 0.816. The van der Waals surface area contributed by atoms with Gasteiger partial charge in [-0.15, -0.1) is 22.9 Å². The zero-order valence-electron chi connectivity index (χ0n) is 9.35. The lowest BCUT2D eigenvalue weighted by Gasteiger charge is -2.14.